The van der Waals surface area contributed by atoms with Gasteiger partial charge in [-0.1, -0.05) is 12.1 Å². The Kier molecular flexibility index (Phi) is 12.8. The number of guanidine groups is 1. The van der Waals surface area contributed by atoms with Crippen LogP contribution in [0.5, 0.6) is 0 Å². The lowest BCUT2D eigenvalue weighted by atomic mass is 10.1. The fourth-order valence-corrected chi connectivity index (χ4v) is 2.44. The second-order valence-corrected chi connectivity index (χ2v) is 6.01. The Hall–Kier alpha value is -0.960. The minimum absolute atomic E-state index is 0. The van der Waals surface area contributed by atoms with Crippen LogP contribution < -0.4 is 10.6 Å². The SMILES string of the molecule is CCN(CC)C(=O)c1ccc(CNC(=NC)NCCSC)cc1.I. The Morgan fingerprint density at radius 1 is 1.17 bits per heavy atom. The molecule has 0 radical (unpaired) electrons. The summed E-state index contributed by atoms with van der Waals surface area (Å²) in [6.07, 6.45) is 2.08. The first-order chi connectivity index (χ1) is 11.2. The van der Waals surface area contributed by atoms with Gasteiger partial charge in [0.15, 0.2) is 5.96 Å². The number of halogens is 1. The molecule has 0 aliphatic carbocycles. The van der Waals surface area contributed by atoms with E-state index in [-0.39, 0.29) is 29.9 Å². The molecule has 0 atom stereocenters. The summed E-state index contributed by atoms with van der Waals surface area (Å²) in [7, 11) is 1.76. The predicted molar refractivity (Wildman–Crippen MR) is 116 cm³/mol. The molecule has 2 N–H and O–H groups in total. The lowest BCUT2D eigenvalue weighted by Crippen LogP contribution is -2.37. The molecule has 0 fully saturated rings. The maximum atomic E-state index is 12.3. The minimum atomic E-state index is 0. The van der Waals surface area contributed by atoms with Crippen molar-refractivity contribution in [3.05, 3.63) is 35.4 Å². The zero-order chi connectivity index (χ0) is 17.1. The minimum Gasteiger partial charge on any atom is -0.356 e. The van der Waals surface area contributed by atoms with E-state index in [4.69, 9.17) is 0 Å². The number of nitrogens with zero attached hydrogens (tertiary/aromatic N) is 2. The van der Waals surface area contributed by atoms with E-state index >= 15 is 0 Å². The van der Waals surface area contributed by atoms with Crippen LogP contribution in [0.25, 0.3) is 0 Å². The van der Waals surface area contributed by atoms with Crippen LogP contribution >= 0.6 is 35.7 Å². The highest BCUT2D eigenvalue weighted by Gasteiger charge is 2.11. The van der Waals surface area contributed by atoms with Crippen LogP contribution in [-0.2, 0) is 6.54 Å². The molecule has 0 unspecified atom stereocenters. The Morgan fingerprint density at radius 3 is 2.29 bits per heavy atom. The van der Waals surface area contributed by atoms with Gasteiger partial charge in [0, 0.05) is 44.5 Å². The molecule has 1 rings (SSSR count). The molecular formula is C17H29IN4OS. The summed E-state index contributed by atoms with van der Waals surface area (Å²) in [6.45, 7) is 7.02. The molecule has 0 heterocycles. The van der Waals surface area contributed by atoms with Crippen molar-refractivity contribution in [3.8, 4) is 0 Å². The van der Waals surface area contributed by atoms with E-state index in [9.17, 15) is 4.79 Å². The van der Waals surface area contributed by atoms with Crippen LogP contribution in [0.3, 0.4) is 0 Å². The van der Waals surface area contributed by atoms with Gasteiger partial charge in [-0.3, -0.25) is 9.79 Å². The molecule has 0 bridgehead atoms. The molecule has 1 amide bonds. The summed E-state index contributed by atoms with van der Waals surface area (Å²) < 4.78 is 0. The lowest BCUT2D eigenvalue weighted by Gasteiger charge is -2.18. The van der Waals surface area contributed by atoms with Gasteiger partial charge < -0.3 is 15.5 Å². The van der Waals surface area contributed by atoms with Gasteiger partial charge in [0.2, 0.25) is 0 Å². The third kappa shape index (κ3) is 7.74. The monoisotopic (exact) mass is 464 g/mol. The molecule has 0 aromatic heterocycles. The van der Waals surface area contributed by atoms with Crippen molar-refractivity contribution in [2.24, 2.45) is 4.99 Å². The molecule has 24 heavy (non-hydrogen) atoms. The molecule has 136 valence electrons. The summed E-state index contributed by atoms with van der Waals surface area (Å²) in [5.41, 5.74) is 1.86. The maximum absolute atomic E-state index is 12.3. The van der Waals surface area contributed by atoms with E-state index in [1.807, 2.05) is 43.0 Å². The van der Waals surface area contributed by atoms with E-state index in [0.29, 0.717) is 6.54 Å². The number of rotatable bonds is 8. The van der Waals surface area contributed by atoms with E-state index in [1.54, 1.807) is 18.8 Å². The Morgan fingerprint density at radius 2 is 1.79 bits per heavy atom. The molecule has 0 saturated heterocycles. The molecule has 1 aromatic rings. The number of amides is 1. The number of hydrogen-bond acceptors (Lipinski definition) is 3. The number of carbonyl (C=O) groups is 1. The fourth-order valence-electron chi connectivity index (χ4n) is 2.14. The summed E-state index contributed by atoms with van der Waals surface area (Å²) >= 11 is 1.80. The summed E-state index contributed by atoms with van der Waals surface area (Å²) in [5, 5.41) is 6.53. The van der Waals surface area contributed by atoms with Crippen molar-refractivity contribution in [2.75, 3.05) is 38.7 Å². The number of benzene rings is 1. The number of hydrogen-bond donors (Lipinski definition) is 2. The quantitative estimate of drug-likeness (QED) is 0.269. The van der Waals surface area contributed by atoms with Crippen LogP contribution in [0.1, 0.15) is 29.8 Å². The summed E-state index contributed by atoms with van der Waals surface area (Å²) in [5.74, 6) is 1.93. The van der Waals surface area contributed by atoms with Gasteiger partial charge in [-0.25, -0.2) is 0 Å². The van der Waals surface area contributed by atoms with E-state index in [1.165, 1.54) is 0 Å². The second kappa shape index (κ2) is 13.3. The van der Waals surface area contributed by atoms with Gasteiger partial charge in [0.25, 0.3) is 5.91 Å². The highest BCUT2D eigenvalue weighted by atomic mass is 127. The highest BCUT2D eigenvalue weighted by Crippen LogP contribution is 2.08. The molecule has 0 saturated carbocycles. The van der Waals surface area contributed by atoms with Crippen molar-refractivity contribution in [3.63, 3.8) is 0 Å². The van der Waals surface area contributed by atoms with Crippen molar-refractivity contribution >= 4 is 47.6 Å². The molecule has 0 spiro atoms. The van der Waals surface area contributed by atoms with Gasteiger partial charge in [-0.15, -0.1) is 24.0 Å². The summed E-state index contributed by atoms with van der Waals surface area (Å²) in [6, 6.07) is 7.75. The average molecular weight is 464 g/mol. The predicted octanol–water partition coefficient (Wildman–Crippen LogP) is 2.81. The van der Waals surface area contributed by atoms with E-state index in [0.717, 1.165) is 42.5 Å². The third-order valence-corrected chi connectivity index (χ3v) is 4.15. The molecule has 0 aliphatic rings. The van der Waals surface area contributed by atoms with Crippen LogP contribution in [0, 0.1) is 0 Å². The number of carbonyl (C=O) groups excluding carboxylic acids is 1. The first-order valence-corrected chi connectivity index (χ1v) is 9.37. The summed E-state index contributed by atoms with van der Waals surface area (Å²) in [4.78, 5) is 18.3. The third-order valence-electron chi connectivity index (χ3n) is 3.53. The fraction of sp³-hybridized carbons (Fsp3) is 0.529. The van der Waals surface area contributed by atoms with Gasteiger partial charge in [-0.05, 0) is 37.8 Å². The number of nitrogens with one attached hydrogen (secondary N) is 2. The van der Waals surface area contributed by atoms with Crippen molar-refractivity contribution < 1.29 is 4.79 Å². The normalized spacial score (nSPS) is 10.8. The largest absolute Gasteiger partial charge is 0.356 e. The molecule has 1 aromatic carbocycles. The molecule has 0 aliphatic heterocycles. The van der Waals surface area contributed by atoms with E-state index < -0.39 is 0 Å². The number of aliphatic imine (C=N–C) groups is 1. The highest BCUT2D eigenvalue weighted by molar-refractivity contribution is 14.0. The van der Waals surface area contributed by atoms with E-state index in [2.05, 4.69) is 21.9 Å². The maximum Gasteiger partial charge on any atom is 0.253 e. The second-order valence-electron chi connectivity index (χ2n) is 5.02. The molecule has 7 heteroatoms. The Balaban J connectivity index is 0.00000529. The number of thioether (sulfide) groups is 1. The van der Waals surface area contributed by atoms with Gasteiger partial charge in [0.1, 0.15) is 0 Å². The van der Waals surface area contributed by atoms with Crippen LogP contribution in [0.2, 0.25) is 0 Å². The first kappa shape index (κ1) is 23.0. The average Bonchev–Trinajstić information content (AvgIpc) is 2.59. The smallest absolute Gasteiger partial charge is 0.253 e. The zero-order valence-electron chi connectivity index (χ0n) is 15.0. The van der Waals surface area contributed by atoms with Crippen LogP contribution in [0.4, 0.5) is 0 Å². The van der Waals surface area contributed by atoms with Crippen molar-refractivity contribution in [1.82, 2.24) is 15.5 Å². The topological polar surface area (TPSA) is 56.7 Å². The molecule has 5 nitrogen and oxygen atoms in total. The Labute approximate surface area is 167 Å². The van der Waals surface area contributed by atoms with Gasteiger partial charge in [0.05, 0.1) is 0 Å². The van der Waals surface area contributed by atoms with Crippen molar-refractivity contribution in [2.45, 2.75) is 20.4 Å². The van der Waals surface area contributed by atoms with Crippen molar-refractivity contribution in [1.29, 1.82) is 0 Å². The van der Waals surface area contributed by atoms with Crippen LogP contribution in [0.15, 0.2) is 29.3 Å². The first-order valence-electron chi connectivity index (χ1n) is 7.97. The Bertz CT molecular complexity index is 504. The standard InChI is InChI=1S/C17H28N4OS.HI/c1-5-21(6-2)16(22)15-9-7-14(8-10-15)13-20-17(18-3)19-11-12-23-4;/h7-10H,5-6,11-13H2,1-4H3,(H2,18,19,20);1H. The van der Waals surface area contributed by atoms with Gasteiger partial charge in [-0.2, -0.15) is 11.8 Å². The van der Waals surface area contributed by atoms with Gasteiger partial charge >= 0.3 is 0 Å². The zero-order valence-corrected chi connectivity index (χ0v) is 18.1. The lowest BCUT2D eigenvalue weighted by molar-refractivity contribution is 0.0773. The molecular weight excluding hydrogens is 435 g/mol. The van der Waals surface area contributed by atoms with Crippen LogP contribution in [-0.4, -0.2) is 55.5 Å².